The summed E-state index contributed by atoms with van der Waals surface area (Å²) in [7, 11) is 2.05. The normalized spacial score (nSPS) is 11.5. The second kappa shape index (κ2) is 3.12. The van der Waals surface area contributed by atoms with Gasteiger partial charge in [0.05, 0.1) is 0 Å². The van der Waals surface area contributed by atoms with Crippen molar-refractivity contribution < 1.29 is 0 Å². The van der Waals surface area contributed by atoms with E-state index in [9.17, 15) is 0 Å². The average molecular weight is 188 g/mol. The van der Waals surface area contributed by atoms with Gasteiger partial charge in [-0.25, -0.2) is 4.98 Å². The van der Waals surface area contributed by atoms with E-state index in [4.69, 9.17) is 0 Å². The molecule has 0 bridgehead atoms. The topological polar surface area (TPSA) is 17.8 Å². The van der Waals surface area contributed by atoms with Crippen LogP contribution < -0.4 is 0 Å². The number of hydrogen-bond donors (Lipinski definition) is 0. The van der Waals surface area contributed by atoms with Crippen molar-refractivity contribution in [3.05, 3.63) is 29.6 Å². The van der Waals surface area contributed by atoms with E-state index in [-0.39, 0.29) is 0 Å². The fourth-order valence-corrected chi connectivity index (χ4v) is 2.03. The van der Waals surface area contributed by atoms with E-state index in [0.717, 1.165) is 5.65 Å². The summed E-state index contributed by atoms with van der Waals surface area (Å²) in [4.78, 5) is 4.41. The first-order valence-electron chi connectivity index (χ1n) is 5.01. The zero-order valence-corrected chi connectivity index (χ0v) is 9.20. The Hall–Kier alpha value is -1.31. The largest absolute Gasteiger partial charge is 0.335 e. The van der Waals surface area contributed by atoms with Crippen molar-refractivity contribution in [1.82, 2.24) is 9.55 Å². The smallest absolute Gasteiger partial charge is 0.140 e. The summed E-state index contributed by atoms with van der Waals surface area (Å²) in [5.74, 6) is 0.557. The van der Waals surface area contributed by atoms with Gasteiger partial charge in [0.15, 0.2) is 0 Å². The highest BCUT2D eigenvalue weighted by molar-refractivity contribution is 5.84. The van der Waals surface area contributed by atoms with Gasteiger partial charge >= 0.3 is 0 Å². The van der Waals surface area contributed by atoms with Crippen molar-refractivity contribution in [2.75, 3.05) is 0 Å². The number of rotatable bonds is 1. The Kier molecular flexibility index (Phi) is 2.06. The van der Waals surface area contributed by atoms with Crippen LogP contribution in [0.2, 0.25) is 0 Å². The van der Waals surface area contributed by atoms with Crippen LogP contribution >= 0.6 is 0 Å². The molecule has 74 valence electrons. The maximum atomic E-state index is 4.41. The van der Waals surface area contributed by atoms with Crippen molar-refractivity contribution >= 4 is 11.0 Å². The molecule has 0 aliphatic rings. The number of hydrogen-bond acceptors (Lipinski definition) is 1. The Morgan fingerprint density at radius 3 is 2.71 bits per heavy atom. The fourth-order valence-electron chi connectivity index (χ4n) is 2.03. The Morgan fingerprint density at radius 2 is 2.07 bits per heavy atom. The van der Waals surface area contributed by atoms with Gasteiger partial charge in [-0.2, -0.15) is 0 Å². The minimum atomic E-state index is 0.557. The quantitative estimate of drug-likeness (QED) is 0.672. The summed E-state index contributed by atoms with van der Waals surface area (Å²) in [5.41, 5.74) is 3.81. The summed E-state index contributed by atoms with van der Waals surface area (Å²) in [6.45, 7) is 6.60. The Balaban J connectivity index is 2.85. The zero-order chi connectivity index (χ0) is 10.3. The van der Waals surface area contributed by atoms with Gasteiger partial charge < -0.3 is 4.57 Å². The van der Waals surface area contributed by atoms with Crippen LogP contribution in [0.3, 0.4) is 0 Å². The second-order valence-corrected chi connectivity index (χ2v) is 4.18. The number of aryl methyl sites for hydroxylation is 2. The maximum absolute atomic E-state index is 4.41. The summed E-state index contributed by atoms with van der Waals surface area (Å²) < 4.78 is 2.09. The van der Waals surface area contributed by atoms with E-state index >= 15 is 0 Å². The molecule has 2 aromatic rings. The minimum absolute atomic E-state index is 0.557. The Labute approximate surface area is 84.6 Å². The van der Waals surface area contributed by atoms with E-state index in [2.05, 4.69) is 42.6 Å². The van der Waals surface area contributed by atoms with Crippen LogP contribution in [-0.2, 0) is 7.05 Å². The molecule has 2 aromatic heterocycles. The maximum Gasteiger partial charge on any atom is 0.140 e. The minimum Gasteiger partial charge on any atom is -0.335 e. The van der Waals surface area contributed by atoms with Crippen LogP contribution in [0.15, 0.2) is 18.5 Å². The van der Waals surface area contributed by atoms with Gasteiger partial charge in [0.2, 0.25) is 0 Å². The second-order valence-electron chi connectivity index (χ2n) is 4.18. The summed E-state index contributed by atoms with van der Waals surface area (Å²) in [5, 5.41) is 1.32. The molecule has 0 spiro atoms. The average Bonchev–Trinajstić information content (AvgIpc) is 2.43. The van der Waals surface area contributed by atoms with Crippen LogP contribution in [-0.4, -0.2) is 9.55 Å². The molecule has 2 nitrogen and oxygen atoms in total. The van der Waals surface area contributed by atoms with Crippen molar-refractivity contribution in [3.8, 4) is 0 Å². The molecule has 2 rings (SSSR count). The number of pyridine rings is 1. The molecule has 2 heteroatoms. The van der Waals surface area contributed by atoms with Crippen LogP contribution in [0, 0.1) is 6.92 Å². The molecule has 0 radical (unpaired) electrons. The third-order valence-corrected chi connectivity index (χ3v) is 2.70. The predicted molar refractivity (Wildman–Crippen MR) is 59.5 cm³/mol. The Bertz CT molecular complexity index is 466. The lowest BCUT2D eigenvalue weighted by molar-refractivity contribution is 0.871. The standard InChI is InChI=1S/C12H16N2/c1-8(2)10-5-6-13-12-11(10)9(3)7-14(12)4/h5-8H,1-4H3. The molecule has 0 unspecified atom stereocenters. The van der Waals surface area contributed by atoms with Gasteiger partial charge in [0.1, 0.15) is 5.65 Å². The number of aromatic nitrogens is 2. The molecule has 0 fully saturated rings. The molecule has 0 saturated carbocycles. The predicted octanol–water partition coefficient (Wildman–Crippen LogP) is 3.01. The van der Waals surface area contributed by atoms with Crippen LogP contribution in [0.4, 0.5) is 0 Å². The van der Waals surface area contributed by atoms with Gasteiger partial charge in [-0.1, -0.05) is 13.8 Å². The number of nitrogens with zero attached hydrogens (tertiary/aromatic N) is 2. The van der Waals surface area contributed by atoms with Gasteiger partial charge in [-0.05, 0) is 30.0 Å². The highest BCUT2D eigenvalue weighted by Crippen LogP contribution is 2.27. The zero-order valence-electron chi connectivity index (χ0n) is 9.20. The van der Waals surface area contributed by atoms with E-state index in [1.54, 1.807) is 0 Å². The first-order chi connectivity index (χ1) is 6.61. The summed E-state index contributed by atoms with van der Waals surface area (Å²) in [6.07, 6.45) is 4.04. The summed E-state index contributed by atoms with van der Waals surface area (Å²) in [6, 6.07) is 2.12. The third kappa shape index (κ3) is 1.22. The van der Waals surface area contributed by atoms with Crippen molar-refractivity contribution in [3.63, 3.8) is 0 Å². The van der Waals surface area contributed by atoms with Crippen LogP contribution in [0.1, 0.15) is 30.9 Å². The van der Waals surface area contributed by atoms with E-state index < -0.39 is 0 Å². The molecule has 2 heterocycles. The van der Waals surface area contributed by atoms with Crippen molar-refractivity contribution in [2.45, 2.75) is 26.7 Å². The molecule has 0 amide bonds. The molecular weight excluding hydrogens is 172 g/mol. The van der Waals surface area contributed by atoms with Gasteiger partial charge in [0, 0.05) is 24.8 Å². The summed E-state index contributed by atoms with van der Waals surface area (Å²) >= 11 is 0. The van der Waals surface area contributed by atoms with E-state index in [1.807, 2.05) is 13.2 Å². The van der Waals surface area contributed by atoms with Gasteiger partial charge in [-0.15, -0.1) is 0 Å². The lowest BCUT2D eigenvalue weighted by Gasteiger charge is -2.07. The Morgan fingerprint density at radius 1 is 1.36 bits per heavy atom. The van der Waals surface area contributed by atoms with Gasteiger partial charge in [0.25, 0.3) is 0 Å². The van der Waals surface area contributed by atoms with Crippen molar-refractivity contribution in [2.24, 2.45) is 7.05 Å². The van der Waals surface area contributed by atoms with E-state index in [0.29, 0.717) is 5.92 Å². The molecule has 0 saturated heterocycles. The first-order valence-corrected chi connectivity index (χ1v) is 5.01. The monoisotopic (exact) mass is 188 g/mol. The highest BCUT2D eigenvalue weighted by Gasteiger charge is 2.10. The van der Waals surface area contributed by atoms with Gasteiger partial charge in [-0.3, -0.25) is 0 Å². The molecule has 0 aromatic carbocycles. The molecule has 0 aliphatic heterocycles. The highest BCUT2D eigenvalue weighted by atomic mass is 15.0. The lowest BCUT2D eigenvalue weighted by atomic mass is 10.00. The van der Waals surface area contributed by atoms with Crippen LogP contribution in [0.25, 0.3) is 11.0 Å². The SMILES string of the molecule is Cc1cn(C)c2nccc(C(C)C)c12. The van der Waals surface area contributed by atoms with E-state index in [1.165, 1.54) is 16.5 Å². The van der Waals surface area contributed by atoms with Crippen LogP contribution in [0.5, 0.6) is 0 Å². The molecule has 0 aliphatic carbocycles. The molecule has 0 N–H and O–H groups in total. The molecular formula is C12H16N2. The molecule has 14 heavy (non-hydrogen) atoms. The first kappa shape index (κ1) is 9.25. The fraction of sp³-hybridized carbons (Fsp3) is 0.417. The molecule has 0 atom stereocenters. The lowest BCUT2D eigenvalue weighted by Crippen LogP contribution is -1.92. The number of fused-ring (bicyclic) bond motifs is 1. The van der Waals surface area contributed by atoms with Crippen molar-refractivity contribution in [1.29, 1.82) is 0 Å². The third-order valence-electron chi connectivity index (χ3n) is 2.70.